The molecule has 1 aliphatic rings. The quantitative estimate of drug-likeness (QED) is 0.672. The van der Waals surface area contributed by atoms with Gasteiger partial charge in [0.25, 0.3) is 0 Å². The summed E-state index contributed by atoms with van der Waals surface area (Å²) in [6.45, 7) is 2.72. The largest absolute Gasteiger partial charge is 0.396 e. The van der Waals surface area contributed by atoms with E-state index in [0.717, 1.165) is 0 Å². The van der Waals surface area contributed by atoms with E-state index in [0.29, 0.717) is 12.6 Å². The van der Waals surface area contributed by atoms with Crippen molar-refractivity contribution < 1.29 is 10.2 Å². The molecule has 3 N–H and O–H groups in total. The molecule has 1 fully saturated rings. The first-order valence-electron chi connectivity index (χ1n) is 6.65. The van der Waals surface area contributed by atoms with Gasteiger partial charge in [-0.2, -0.15) is 0 Å². The van der Waals surface area contributed by atoms with Gasteiger partial charge in [0.2, 0.25) is 0 Å². The number of hydrogen-bond acceptors (Lipinski definition) is 3. The van der Waals surface area contributed by atoms with E-state index >= 15 is 0 Å². The minimum Gasteiger partial charge on any atom is -0.396 e. The Morgan fingerprint density at radius 1 is 1.00 bits per heavy atom. The van der Waals surface area contributed by atoms with Crippen LogP contribution in [0.2, 0.25) is 0 Å². The zero-order valence-corrected chi connectivity index (χ0v) is 10.5. The van der Waals surface area contributed by atoms with Crippen molar-refractivity contribution in [2.45, 2.75) is 57.9 Å². The molecule has 0 heterocycles. The Balaban J connectivity index is 2.28. The number of nitrogens with one attached hydrogen (secondary N) is 1. The van der Waals surface area contributed by atoms with Crippen molar-refractivity contribution in [2.75, 3.05) is 19.8 Å². The van der Waals surface area contributed by atoms with E-state index < -0.39 is 0 Å². The standard InChI is InChI=1S/C13H27NO2/c1-13(10-15,11-16)9-14-12-7-5-3-2-4-6-8-12/h12,14-16H,2-11H2,1H3. The Bertz CT molecular complexity index is 173. The molecule has 16 heavy (non-hydrogen) atoms. The number of hydrogen-bond donors (Lipinski definition) is 3. The maximum absolute atomic E-state index is 9.22. The van der Waals surface area contributed by atoms with Gasteiger partial charge in [-0.1, -0.05) is 39.0 Å². The van der Waals surface area contributed by atoms with Crippen LogP contribution in [0.15, 0.2) is 0 Å². The Labute approximate surface area is 99.3 Å². The van der Waals surface area contributed by atoms with E-state index in [1.54, 1.807) is 0 Å². The van der Waals surface area contributed by atoms with Crippen molar-refractivity contribution in [3.63, 3.8) is 0 Å². The van der Waals surface area contributed by atoms with Gasteiger partial charge in [0, 0.05) is 18.0 Å². The molecule has 0 bridgehead atoms. The highest BCUT2D eigenvalue weighted by atomic mass is 16.3. The van der Waals surface area contributed by atoms with Crippen molar-refractivity contribution in [2.24, 2.45) is 5.41 Å². The van der Waals surface area contributed by atoms with Crippen LogP contribution in [0.4, 0.5) is 0 Å². The van der Waals surface area contributed by atoms with E-state index in [1.165, 1.54) is 44.9 Å². The van der Waals surface area contributed by atoms with Crippen molar-refractivity contribution >= 4 is 0 Å². The molecule has 0 unspecified atom stereocenters. The lowest BCUT2D eigenvalue weighted by atomic mass is 9.91. The van der Waals surface area contributed by atoms with Crippen LogP contribution in [0, 0.1) is 5.41 Å². The molecule has 0 spiro atoms. The van der Waals surface area contributed by atoms with Crippen LogP contribution in [0.3, 0.4) is 0 Å². The summed E-state index contributed by atoms with van der Waals surface area (Å²) in [5.41, 5.74) is -0.373. The maximum Gasteiger partial charge on any atom is 0.0518 e. The molecule has 1 aliphatic carbocycles. The number of aliphatic hydroxyl groups is 2. The molecule has 0 atom stereocenters. The fourth-order valence-electron chi connectivity index (χ4n) is 2.21. The summed E-state index contributed by atoms with van der Waals surface area (Å²) in [5.74, 6) is 0. The second-order valence-electron chi connectivity index (χ2n) is 5.55. The summed E-state index contributed by atoms with van der Waals surface area (Å²) in [4.78, 5) is 0. The van der Waals surface area contributed by atoms with Gasteiger partial charge in [-0.25, -0.2) is 0 Å². The van der Waals surface area contributed by atoms with Crippen LogP contribution in [-0.4, -0.2) is 36.0 Å². The van der Waals surface area contributed by atoms with Gasteiger partial charge < -0.3 is 15.5 Å². The SMILES string of the molecule is CC(CO)(CO)CNC1CCCCCCC1. The summed E-state index contributed by atoms with van der Waals surface area (Å²) < 4.78 is 0. The average molecular weight is 229 g/mol. The molecular formula is C13H27NO2. The lowest BCUT2D eigenvalue weighted by Gasteiger charge is -2.29. The zero-order chi connectivity index (χ0) is 11.9. The molecule has 0 radical (unpaired) electrons. The normalized spacial score (nSPS) is 20.4. The van der Waals surface area contributed by atoms with Crippen LogP contribution in [0.5, 0.6) is 0 Å². The molecule has 0 aromatic carbocycles. The highest BCUT2D eigenvalue weighted by Gasteiger charge is 2.23. The third-order valence-electron chi connectivity index (χ3n) is 3.69. The van der Waals surface area contributed by atoms with Gasteiger partial charge >= 0.3 is 0 Å². The molecule has 1 rings (SSSR count). The molecular weight excluding hydrogens is 202 g/mol. The monoisotopic (exact) mass is 229 g/mol. The lowest BCUT2D eigenvalue weighted by Crippen LogP contribution is -2.42. The van der Waals surface area contributed by atoms with Crippen molar-refractivity contribution in [3.05, 3.63) is 0 Å². The van der Waals surface area contributed by atoms with Gasteiger partial charge in [0.05, 0.1) is 13.2 Å². The zero-order valence-electron chi connectivity index (χ0n) is 10.5. The van der Waals surface area contributed by atoms with E-state index in [2.05, 4.69) is 5.32 Å². The Morgan fingerprint density at radius 3 is 2.00 bits per heavy atom. The molecule has 0 aromatic heterocycles. The molecule has 0 aliphatic heterocycles. The van der Waals surface area contributed by atoms with Crippen molar-refractivity contribution in [1.29, 1.82) is 0 Å². The summed E-state index contributed by atoms with van der Waals surface area (Å²) >= 11 is 0. The van der Waals surface area contributed by atoms with E-state index in [-0.39, 0.29) is 18.6 Å². The van der Waals surface area contributed by atoms with E-state index in [1.807, 2.05) is 6.92 Å². The highest BCUT2D eigenvalue weighted by Crippen LogP contribution is 2.19. The predicted molar refractivity (Wildman–Crippen MR) is 66.4 cm³/mol. The third-order valence-corrected chi connectivity index (χ3v) is 3.69. The molecule has 0 amide bonds. The summed E-state index contributed by atoms with van der Waals surface area (Å²) in [6.07, 6.45) is 9.21. The topological polar surface area (TPSA) is 52.5 Å². The minimum absolute atomic E-state index is 0.0449. The van der Waals surface area contributed by atoms with Crippen LogP contribution < -0.4 is 5.32 Å². The van der Waals surface area contributed by atoms with Gasteiger partial charge in [0.1, 0.15) is 0 Å². The van der Waals surface area contributed by atoms with Crippen molar-refractivity contribution in [3.8, 4) is 0 Å². The summed E-state index contributed by atoms with van der Waals surface area (Å²) in [5, 5.41) is 21.9. The van der Waals surface area contributed by atoms with Gasteiger partial charge in [0.15, 0.2) is 0 Å². The molecule has 1 saturated carbocycles. The van der Waals surface area contributed by atoms with Gasteiger partial charge in [-0.3, -0.25) is 0 Å². The molecule has 96 valence electrons. The summed E-state index contributed by atoms with van der Waals surface area (Å²) in [7, 11) is 0. The van der Waals surface area contributed by atoms with Crippen molar-refractivity contribution in [1.82, 2.24) is 5.32 Å². The fraction of sp³-hybridized carbons (Fsp3) is 1.00. The Morgan fingerprint density at radius 2 is 1.50 bits per heavy atom. The van der Waals surface area contributed by atoms with E-state index in [4.69, 9.17) is 0 Å². The van der Waals surface area contributed by atoms with Crippen LogP contribution in [0.25, 0.3) is 0 Å². The third kappa shape index (κ3) is 4.81. The minimum atomic E-state index is -0.373. The van der Waals surface area contributed by atoms with Gasteiger partial charge in [-0.15, -0.1) is 0 Å². The molecule has 0 aromatic rings. The Kier molecular flexibility index (Phi) is 6.32. The first-order valence-corrected chi connectivity index (χ1v) is 6.65. The lowest BCUT2D eigenvalue weighted by molar-refractivity contribution is 0.0664. The van der Waals surface area contributed by atoms with E-state index in [9.17, 15) is 10.2 Å². The first-order chi connectivity index (χ1) is 7.70. The first kappa shape index (κ1) is 13.9. The fourth-order valence-corrected chi connectivity index (χ4v) is 2.21. The smallest absolute Gasteiger partial charge is 0.0518 e. The van der Waals surface area contributed by atoms with Crippen LogP contribution >= 0.6 is 0 Å². The molecule has 3 nitrogen and oxygen atoms in total. The predicted octanol–water partition coefficient (Wildman–Crippen LogP) is 1.68. The maximum atomic E-state index is 9.22. The molecule has 3 heteroatoms. The second-order valence-corrected chi connectivity index (χ2v) is 5.55. The van der Waals surface area contributed by atoms with Crippen LogP contribution in [0.1, 0.15) is 51.9 Å². The van der Waals surface area contributed by atoms with Gasteiger partial charge in [-0.05, 0) is 12.8 Å². The Hall–Kier alpha value is -0.120. The second kappa shape index (κ2) is 7.25. The highest BCUT2D eigenvalue weighted by molar-refractivity contribution is 4.78. The number of rotatable bonds is 5. The molecule has 0 saturated heterocycles. The summed E-state index contributed by atoms with van der Waals surface area (Å²) in [6, 6.07) is 0.581. The van der Waals surface area contributed by atoms with Crippen LogP contribution in [-0.2, 0) is 0 Å². The number of aliphatic hydroxyl groups excluding tert-OH is 2. The average Bonchev–Trinajstić information content (AvgIpc) is 2.27.